The van der Waals surface area contributed by atoms with Crippen molar-refractivity contribution < 1.29 is 4.79 Å². The van der Waals surface area contributed by atoms with Crippen molar-refractivity contribution in [3.8, 4) is 0 Å². The number of hydrogen-bond donors (Lipinski definition) is 2. The van der Waals surface area contributed by atoms with E-state index in [1.807, 2.05) is 0 Å². The van der Waals surface area contributed by atoms with Gasteiger partial charge in [-0.15, -0.1) is 24.0 Å². The van der Waals surface area contributed by atoms with E-state index in [1.54, 1.807) is 0 Å². The Kier molecular flexibility index (Phi) is 7.61. The van der Waals surface area contributed by atoms with E-state index in [1.165, 1.54) is 12.8 Å². The monoisotopic (exact) mass is 394 g/mol. The summed E-state index contributed by atoms with van der Waals surface area (Å²) in [7, 11) is 0. The van der Waals surface area contributed by atoms with Crippen LogP contribution in [-0.4, -0.2) is 42.9 Å². The number of halogens is 1. The number of primary amides is 1. The van der Waals surface area contributed by atoms with E-state index >= 15 is 0 Å². The third-order valence-electron chi connectivity index (χ3n) is 3.84. The SMILES string of the molecule is CCNC(=NCC1CC1)N1CCCC(CC(N)=O)C1.I. The van der Waals surface area contributed by atoms with Crippen LogP contribution in [0, 0.1) is 11.8 Å². The number of amides is 1. The minimum atomic E-state index is -0.188. The zero-order valence-corrected chi connectivity index (χ0v) is 14.6. The van der Waals surface area contributed by atoms with Gasteiger partial charge in [-0.2, -0.15) is 0 Å². The van der Waals surface area contributed by atoms with Crippen molar-refractivity contribution in [2.45, 2.75) is 39.0 Å². The molecule has 2 rings (SSSR count). The molecule has 1 aliphatic carbocycles. The lowest BCUT2D eigenvalue weighted by Gasteiger charge is -2.34. The lowest BCUT2D eigenvalue weighted by molar-refractivity contribution is -0.119. The Morgan fingerprint density at radius 1 is 1.35 bits per heavy atom. The average molecular weight is 394 g/mol. The number of carbonyl (C=O) groups excluding carboxylic acids is 1. The van der Waals surface area contributed by atoms with Crippen LogP contribution in [0.15, 0.2) is 4.99 Å². The molecule has 1 saturated carbocycles. The number of guanidine groups is 1. The molecule has 0 aromatic carbocycles. The van der Waals surface area contributed by atoms with Crippen LogP contribution >= 0.6 is 24.0 Å². The predicted molar refractivity (Wildman–Crippen MR) is 92.2 cm³/mol. The van der Waals surface area contributed by atoms with Crippen LogP contribution in [0.5, 0.6) is 0 Å². The van der Waals surface area contributed by atoms with E-state index in [2.05, 4.69) is 17.1 Å². The number of nitrogens with one attached hydrogen (secondary N) is 1. The third-order valence-corrected chi connectivity index (χ3v) is 3.84. The van der Waals surface area contributed by atoms with Crippen LogP contribution in [0.3, 0.4) is 0 Å². The molecule has 6 heteroatoms. The summed E-state index contributed by atoms with van der Waals surface area (Å²) in [6, 6.07) is 0. The van der Waals surface area contributed by atoms with E-state index in [0.717, 1.165) is 50.9 Å². The van der Waals surface area contributed by atoms with Gasteiger partial charge in [-0.05, 0) is 44.4 Å². The van der Waals surface area contributed by atoms with E-state index in [0.29, 0.717) is 12.3 Å². The Hall–Kier alpha value is -0.530. The number of carbonyl (C=O) groups is 1. The summed E-state index contributed by atoms with van der Waals surface area (Å²) in [6.07, 6.45) is 5.37. The Morgan fingerprint density at radius 3 is 2.70 bits per heavy atom. The molecule has 3 N–H and O–H groups in total. The van der Waals surface area contributed by atoms with Crippen LogP contribution in [0.1, 0.15) is 39.0 Å². The van der Waals surface area contributed by atoms with E-state index in [9.17, 15) is 4.79 Å². The summed E-state index contributed by atoms with van der Waals surface area (Å²) >= 11 is 0. The molecule has 2 fully saturated rings. The Morgan fingerprint density at radius 2 is 2.10 bits per heavy atom. The second-order valence-electron chi connectivity index (χ2n) is 5.76. The van der Waals surface area contributed by atoms with Crippen molar-refractivity contribution in [1.29, 1.82) is 0 Å². The second-order valence-corrected chi connectivity index (χ2v) is 5.76. The number of nitrogens with two attached hydrogens (primary N) is 1. The molecule has 1 aliphatic heterocycles. The average Bonchev–Trinajstić information content (AvgIpc) is 3.18. The largest absolute Gasteiger partial charge is 0.370 e. The molecular formula is C14H27IN4O. The molecule has 0 bridgehead atoms. The molecule has 0 aromatic rings. The van der Waals surface area contributed by atoms with E-state index < -0.39 is 0 Å². The van der Waals surface area contributed by atoms with Crippen LogP contribution in [0.25, 0.3) is 0 Å². The lowest BCUT2D eigenvalue weighted by Crippen LogP contribution is -2.47. The Balaban J connectivity index is 0.00000200. The molecule has 116 valence electrons. The van der Waals surface area contributed by atoms with Crippen LogP contribution in [-0.2, 0) is 4.79 Å². The number of aliphatic imine (C=N–C) groups is 1. The van der Waals surface area contributed by atoms with Crippen molar-refractivity contribution >= 4 is 35.8 Å². The predicted octanol–water partition coefficient (Wildman–Crippen LogP) is 1.57. The van der Waals surface area contributed by atoms with Gasteiger partial charge in [0.2, 0.25) is 5.91 Å². The van der Waals surface area contributed by atoms with Gasteiger partial charge in [-0.3, -0.25) is 9.79 Å². The quantitative estimate of drug-likeness (QED) is 0.423. The van der Waals surface area contributed by atoms with Gasteiger partial charge in [-0.25, -0.2) is 0 Å². The smallest absolute Gasteiger partial charge is 0.217 e. The number of rotatable bonds is 5. The van der Waals surface area contributed by atoms with Gasteiger partial charge in [0.05, 0.1) is 0 Å². The molecule has 0 aromatic heterocycles. The first-order chi connectivity index (χ1) is 9.19. The maximum Gasteiger partial charge on any atom is 0.217 e. The van der Waals surface area contributed by atoms with Crippen molar-refractivity contribution in [3.05, 3.63) is 0 Å². The number of likely N-dealkylation sites (tertiary alicyclic amines) is 1. The van der Waals surface area contributed by atoms with E-state index in [4.69, 9.17) is 10.7 Å². The van der Waals surface area contributed by atoms with Gasteiger partial charge in [0.1, 0.15) is 0 Å². The summed E-state index contributed by atoms with van der Waals surface area (Å²) in [5.41, 5.74) is 5.31. The summed E-state index contributed by atoms with van der Waals surface area (Å²) in [4.78, 5) is 18.1. The van der Waals surface area contributed by atoms with Gasteiger partial charge in [0.25, 0.3) is 0 Å². The van der Waals surface area contributed by atoms with Crippen molar-refractivity contribution in [3.63, 3.8) is 0 Å². The molecule has 1 atom stereocenters. The lowest BCUT2D eigenvalue weighted by atomic mass is 9.95. The first-order valence-electron chi connectivity index (χ1n) is 7.50. The van der Waals surface area contributed by atoms with Gasteiger partial charge >= 0.3 is 0 Å². The van der Waals surface area contributed by atoms with Crippen LogP contribution < -0.4 is 11.1 Å². The molecule has 1 saturated heterocycles. The third kappa shape index (κ3) is 5.85. The first-order valence-corrected chi connectivity index (χ1v) is 7.50. The highest BCUT2D eigenvalue weighted by Gasteiger charge is 2.25. The standard InChI is InChI=1S/C14H26N4O.HI/c1-2-16-14(17-9-11-5-6-11)18-7-3-4-12(10-18)8-13(15)19;/h11-12H,2-10H2,1H3,(H2,15,19)(H,16,17);1H. The van der Waals surface area contributed by atoms with Crippen molar-refractivity contribution in [1.82, 2.24) is 10.2 Å². The molecule has 1 heterocycles. The number of nitrogens with zero attached hydrogens (tertiary/aromatic N) is 2. The molecular weight excluding hydrogens is 367 g/mol. The minimum absolute atomic E-state index is 0. The van der Waals surface area contributed by atoms with Crippen molar-refractivity contribution in [2.24, 2.45) is 22.6 Å². The highest BCUT2D eigenvalue weighted by Crippen LogP contribution is 2.29. The molecule has 0 spiro atoms. The Labute approximate surface area is 138 Å². The molecule has 1 unspecified atom stereocenters. The van der Waals surface area contributed by atoms with Gasteiger partial charge < -0.3 is 16.0 Å². The normalized spacial score (nSPS) is 23.1. The maximum absolute atomic E-state index is 11.1. The number of piperidine rings is 1. The fraction of sp³-hybridized carbons (Fsp3) is 0.857. The highest BCUT2D eigenvalue weighted by atomic mass is 127. The summed E-state index contributed by atoms with van der Waals surface area (Å²) in [5.74, 6) is 2.02. The minimum Gasteiger partial charge on any atom is -0.370 e. The Bertz CT molecular complexity index is 344. The zero-order valence-electron chi connectivity index (χ0n) is 12.3. The summed E-state index contributed by atoms with van der Waals surface area (Å²) < 4.78 is 0. The van der Waals surface area contributed by atoms with Crippen LogP contribution in [0.2, 0.25) is 0 Å². The zero-order chi connectivity index (χ0) is 13.7. The summed E-state index contributed by atoms with van der Waals surface area (Å²) in [6.45, 7) is 5.86. The molecule has 1 amide bonds. The molecule has 0 radical (unpaired) electrons. The molecule has 5 nitrogen and oxygen atoms in total. The van der Waals surface area contributed by atoms with Crippen molar-refractivity contribution in [2.75, 3.05) is 26.2 Å². The first kappa shape index (κ1) is 17.5. The van der Waals surface area contributed by atoms with Crippen LogP contribution in [0.4, 0.5) is 0 Å². The molecule has 20 heavy (non-hydrogen) atoms. The topological polar surface area (TPSA) is 70.7 Å². The molecule has 2 aliphatic rings. The fourth-order valence-corrected chi connectivity index (χ4v) is 2.65. The highest BCUT2D eigenvalue weighted by molar-refractivity contribution is 14.0. The van der Waals surface area contributed by atoms with E-state index in [-0.39, 0.29) is 29.9 Å². The fourth-order valence-electron chi connectivity index (χ4n) is 2.65. The van der Waals surface area contributed by atoms with Gasteiger partial charge in [0, 0.05) is 32.6 Å². The number of hydrogen-bond acceptors (Lipinski definition) is 2. The second kappa shape index (κ2) is 8.69. The van der Waals surface area contributed by atoms with Gasteiger partial charge in [0.15, 0.2) is 5.96 Å². The maximum atomic E-state index is 11.1. The summed E-state index contributed by atoms with van der Waals surface area (Å²) in [5, 5.41) is 3.37. The van der Waals surface area contributed by atoms with Gasteiger partial charge in [-0.1, -0.05) is 0 Å².